The molecule has 162 valence electrons. The summed E-state index contributed by atoms with van der Waals surface area (Å²) in [6, 6.07) is 15.5. The van der Waals surface area contributed by atoms with Crippen LogP contribution in [0.2, 0.25) is 0 Å². The highest BCUT2D eigenvalue weighted by Crippen LogP contribution is 2.20. The molecule has 31 heavy (non-hydrogen) atoms. The normalized spacial score (nSPS) is 15.4. The third kappa shape index (κ3) is 6.87. The van der Waals surface area contributed by atoms with Crippen LogP contribution in [0.15, 0.2) is 70.3 Å². The van der Waals surface area contributed by atoms with Crippen molar-refractivity contribution < 1.29 is 14.6 Å². The molecule has 1 heterocycles. The molecule has 1 atom stereocenters. The van der Waals surface area contributed by atoms with Gasteiger partial charge in [-0.25, -0.2) is 4.99 Å². The molecule has 0 aliphatic carbocycles. The van der Waals surface area contributed by atoms with Crippen LogP contribution in [0.5, 0.6) is 5.75 Å². The Morgan fingerprint density at radius 3 is 2.90 bits per heavy atom. The first kappa shape index (κ1) is 22.4. The highest BCUT2D eigenvalue weighted by molar-refractivity contribution is 6.03. The Bertz CT molecular complexity index is 971. The van der Waals surface area contributed by atoms with Gasteiger partial charge in [0.1, 0.15) is 24.8 Å². The zero-order valence-corrected chi connectivity index (χ0v) is 17.7. The number of ether oxygens (including phenoxy) is 1. The standard InChI is InChI=1S/C24H28N4O3/c1-18(13-26-17-25-2)24(30)27-21-8-5-9-23(12-21)31-16-22(29)15-28-11-10-19-6-3-4-7-20(19)14-28/h3-9,12-13,17,22,29H,2,10-11,14-16H2,1H3,(H,27,30)/b18-13+,26-17-. The minimum absolute atomic E-state index is 0.178. The van der Waals surface area contributed by atoms with Gasteiger partial charge in [0, 0.05) is 43.2 Å². The molecule has 0 saturated carbocycles. The van der Waals surface area contributed by atoms with E-state index in [1.54, 1.807) is 31.2 Å². The topological polar surface area (TPSA) is 86.5 Å². The number of nitrogens with one attached hydrogen (secondary N) is 1. The molecule has 0 bridgehead atoms. The highest BCUT2D eigenvalue weighted by Gasteiger charge is 2.18. The van der Waals surface area contributed by atoms with Crippen LogP contribution in [0, 0.1) is 0 Å². The lowest BCUT2D eigenvalue weighted by molar-refractivity contribution is -0.112. The summed E-state index contributed by atoms with van der Waals surface area (Å²) >= 11 is 0. The maximum absolute atomic E-state index is 12.2. The monoisotopic (exact) mass is 420 g/mol. The zero-order chi connectivity index (χ0) is 22.1. The molecule has 2 aromatic rings. The maximum Gasteiger partial charge on any atom is 0.252 e. The summed E-state index contributed by atoms with van der Waals surface area (Å²) in [5, 5.41) is 13.2. The number of rotatable bonds is 9. The molecule has 0 saturated heterocycles. The molecule has 2 aromatic carbocycles. The van der Waals surface area contributed by atoms with Crippen LogP contribution in [0.3, 0.4) is 0 Å². The summed E-state index contributed by atoms with van der Waals surface area (Å²) in [6.45, 7) is 7.44. The first-order valence-electron chi connectivity index (χ1n) is 10.2. The van der Waals surface area contributed by atoms with Crippen LogP contribution in [-0.4, -0.2) is 54.8 Å². The Morgan fingerprint density at radius 2 is 2.10 bits per heavy atom. The Balaban J connectivity index is 1.48. The lowest BCUT2D eigenvalue weighted by Crippen LogP contribution is -2.38. The molecular formula is C24H28N4O3. The quantitative estimate of drug-likeness (QED) is 0.371. The smallest absolute Gasteiger partial charge is 0.252 e. The fourth-order valence-electron chi connectivity index (χ4n) is 3.40. The molecule has 1 aliphatic heterocycles. The van der Waals surface area contributed by atoms with Crippen LogP contribution in [0.1, 0.15) is 18.1 Å². The Kier molecular flexibility index (Phi) is 8.09. The van der Waals surface area contributed by atoms with E-state index in [-0.39, 0.29) is 12.5 Å². The molecule has 0 aromatic heterocycles. The highest BCUT2D eigenvalue weighted by atomic mass is 16.5. The summed E-state index contributed by atoms with van der Waals surface area (Å²) in [6.07, 6.45) is 3.07. The molecule has 0 radical (unpaired) electrons. The predicted molar refractivity (Wildman–Crippen MR) is 124 cm³/mol. The largest absolute Gasteiger partial charge is 0.491 e. The fourth-order valence-corrected chi connectivity index (χ4v) is 3.40. The second kappa shape index (κ2) is 11.2. The van der Waals surface area contributed by atoms with Crippen molar-refractivity contribution in [2.45, 2.75) is 26.0 Å². The molecule has 0 spiro atoms. The number of hydrogen-bond acceptors (Lipinski definition) is 5. The van der Waals surface area contributed by atoms with Crippen molar-refractivity contribution in [3.63, 3.8) is 0 Å². The van der Waals surface area contributed by atoms with Gasteiger partial charge in [-0.2, -0.15) is 0 Å². The van der Waals surface area contributed by atoms with Crippen molar-refractivity contribution in [3.05, 3.63) is 71.4 Å². The van der Waals surface area contributed by atoms with E-state index < -0.39 is 6.10 Å². The average Bonchev–Trinajstić information content (AvgIpc) is 2.78. The number of hydrogen-bond donors (Lipinski definition) is 2. The maximum atomic E-state index is 12.2. The lowest BCUT2D eigenvalue weighted by Gasteiger charge is -2.30. The zero-order valence-electron chi connectivity index (χ0n) is 17.7. The second-order valence-corrected chi connectivity index (χ2v) is 7.46. The predicted octanol–water partition coefficient (Wildman–Crippen LogP) is 3.06. The third-order valence-corrected chi connectivity index (χ3v) is 4.99. The van der Waals surface area contributed by atoms with Gasteiger partial charge >= 0.3 is 0 Å². The van der Waals surface area contributed by atoms with Gasteiger partial charge in [0.05, 0.1) is 0 Å². The number of aliphatic hydroxyl groups excluding tert-OH is 1. The number of aliphatic imine (C=N–C) groups is 2. The molecule has 1 amide bonds. The summed E-state index contributed by atoms with van der Waals surface area (Å²) in [5.74, 6) is 0.306. The Labute approximate surface area is 182 Å². The number of carbonyl (C=O) groups excluding carboxylic acids is 1. The van der Waals surface area contributed by atoms with Gasteiger partial charge in [0.15, 0.2) is 0 Å². The van der Waals surface area contributed by atoms with Crippen LogP contribution in [0.25, 0.3) is 0 Å². The van der Waals surface area contributed by atoms with E-state index >= 15 is 0 Å². The molecule has 2 N–H and O–H groups in total. The van der Waals surface area contributed by atoms with Crippen molar-refractivity contribution in [2.75, 3.05) is 25.0 Å². The SMILES string of the molecule is C=N/C=N\C=C(/C)C(=O)Nc1cccc(OCC(O)CN2CCc3ccccc3C2)c1. The Hall–Kier alpha value is -3.29. The van der Waals surface area contributed by atoms with Crippen molar-refractivity contribution in [1.29, 1.82) is 0 Å². The number of benzene rings is 2. The van der Waals surface area contributed by atoms with Crippen LogP contribution < -0.4 is 10.1 Å². The number of fused-ring (bicyclic) bond motifs is 1. The number of β-amino-alcohol motifs (C(OH)–C–C–N with tert-alkyl or cyclic N) is 1. The third-order valence-electron chi connectivity index (χ3n) is 4.99. The summed E-state index contributed by atoms with van der Waals surface area (Å²) in [5.41, 5.74) is 3.74. The number of amides is 1. The molecule has 3 rings (SSSR count). The van der Waals surface area contributed by atoms with E-state index in [2.05, 4.69) is 51.2 Å². The van der Waals surface area contributed by atoms with Crippen LogP contribution >= 0.6 is 0 Å². The molecule has 0 fully saturated rings. The summed E-state index contributed by atoms with van der Waals surface area (Å²) < 4.78 is 5.76. The van der Waals surface area contributed by atoms with E-state index in [0.29, 0.717) is 23.6 Å². The van der Waals surface area contributed by atoms with E-state index in [1.165, 1.54) is 23.7 Å². The number of aliphatic hydroxyl groups is 1. The van der Waals surface area contributed by atoms with Crippen molar-refractivity contribution in [1.82, 2.24) is 4.90 Å². The van der Waals surface area contributed by atoms with Gasteiger partial charge in [-0.05, 0) is 43.3 Å². The van der Waals surface area contributed by atoms with E-state index in [9.17, 15) is 9.90 Å². The van der Waals surface area contributed by atoms with Crippen molar-refractivity contribution >= 4 is 24.7 Å². The number of nitrogens with zero attached hydrogens (tertiary/aromatic N) is 3. The van der Waals surface area contributed by atoms with Gasteiger partial charge in [0.2, 0.25) is 0 Å². The van der Waals surface area contributed by atoms with Crippen molar-refractivity contribution in [3.8, 4) is 5.75 Å². The lowest BCUT2D eigenvalue weighted by atomic mass is 10.00. The Morgan fingerprint density at radius 1 is 1.29 bits per heavy atom. The van der Waals surface area contributed by atoms with Gasteiger partial charge in [-0.3, -0.25) is 14.7 Å². The first-order valence-corrected chi connectivity index (χ1v) is 10.2. The fraction of sp³-hybridized carbons (Fsp3) is 0.292. The number of anilines is 1. The minimum Gasteiger partial charge on any atom is -0.491 e. The van der Waals surface area contributed by atoms with Crippen LogP contribution in [0.4, 0.5) is 5.69 Å². The average molecular weight is 421 g/mol. The minimum atomic E-state index is -0.606. The van der Waals surface area contributed by atoms with Gasteiger partial charge in [-0.1, -0.05) is 30.3 Å². The van der Waals surface area contributed by atoms with E-state index in [0.717, 1.165) is 19.5 Å². The second-order valence-electron chi connectivity index (χ2n) is 7.46. The summed E-state index contributed by atoms with van der Waals surface area (Å²) in [7, 11) is 0. The first-order chi connectivity index (χ1) is 15.0. The summed E-state index contributed by atoms with van der Waals surface area (Å²) in [4.78, 5) is 21.8. The molecule has 7 nitrogen and oxygen atoms in total. The van der Waals surface area contributed by atoms with E-state index in [1.807, 2.05) is 0 Å². The molecular weight excluding hydrogens is 392 g/mol. The van der Waals surface area contributed by atoms with Gasteiger partial charge < -0.3 is 15.2 Å². The van der Waals surface area contributed by atoms with E-state index in [4.69, 9.17) is 4.74 Å². The van der Waals surface area contributed by atoms with Gasteiger partial charge in [0.25, 0.3) is 5.91 Å². The van der Waals surface area contributed by atoms with Gasteiger partial charge in [-0.15, -0.1) is 0 Å². The molecule has 1 aliphatic rings. The number of carbonyl (C=O) groups is 1. The molecule has 1 unspecified atom stereocenters. The molecule has 7 heteroatoms. The van der Waals surface area contributed by atoms with Crippen LogP contribution in [-0.2, 0) is 17.8 Å². The van der Waals surface area contributed by atoms with Crippen molar-refractivity contribution in [2.24, 2.45) is 9.98 Å².